The topological polar surface area (TPSA) is 0 Å². The monoisotopic (exact) mass is 266 g/mol. The van der Waals surface area contributed by atoms with Crippen molar-refractivity contribution in [1.82, 2.24) is 0 Å². The van der Waals surface area contributed by atoms with Crippen molar-refractivity contribution in [2.75, 3.05) is 0 Å². The first kappa shape index (κ1) is 16.2. The van der Waals surface area contributed by atoms with Gasteiger partial charge in [0.25, 0.3) is 0 Å². The molecule has 0 aromatic heterocycles. The highest BCUT2D eigenvalue weighted by molar-refractivity contribution is 6.10. The predicted molar refractivity (Wildman–Crippen MR) is 93.6 cm³/mol. The third-order valence-electron chi connectivity index (χ3n) is 3.30. The molecule has 0 atom stereocenters. The van der Waals surface area contributed by atoms with Crippen molar-refractivity contribution in [3.63, 3.8) is 0 Å². The van der Waals surface area contributed by atoms with Crippen LogP contribution in [0.3, 0.4) is 0 Å². The van der Waals surface area contributed by atoms with Crippen molar-refractivity contribution < 1.29 is 0 Å². The summed E-state index contributed by atoms with van der Waals surface area (Å²) in [4.78, 5) is 0. The lowest BCUT2D eigenvalue weighted by Gasteiger charge is -2.09. The van der Waals surface area contributed by atoms with Gasteiger partial charge in [0.1, 0.15) is 0 Å². The summed E-state index contributed by atoms with van der Waals surface area (Å²) in [6.45, 7) is 12.4. The molecule has 0 radical (unpaired) electrons. The molecule has 0 aliphatic rings. The molecule has 0 unspecified atom stereocenters. The van der Waals surface area contributed by atoms with Crippen LogP contribution in [0.1, 0.15) is 38.8 Å². The van der Waals surface area contributed by atoms with Gasteiger partial charge in [0, 0.05) is 0 Å². The number of hydrogen-bond acceptors (Lipinski definition) is 0. The molecule has 0 saturated carbocycles. The second-order valence-corrected chi connectivity index (χ2v) is 4.41. The van der Waals surface area contributed by atoms with Crippen LogP contribution in [0.2, 0.25) is 0 Å². The SMILES string of the molecule is CC.CC.Cc1cc2ccccc2c2c(C)cccc12. The maximum absolute atomic E-state index is 2.27. The molecule has 3 aromatic carbocycles. The van der Waals surface area contributed by atoms with E-state index in [1.165, 1.54) is 32.7 Å². The van der Waals surface area contributed by atoms with E-state index in [-0.39, 0.29) is 0 Å². The van der Waals surface area contributed by atoms with Crippen LogP contribution in [0, 0.1) is 13.8 Å². The second kappa shape index (κ2) is 7.69. The summed E-state index contributed by atoms with van der Waals surface area (Å²) in [5.74, 6) is 0. The molecule has 0 bridgehead atoms. The Bertz CT molecular complexity index is 678. The molecule has 0 aliphatic carbocycles. The Morgan fingerprint density at radius 2 is 1.20 bits per heavy atom. The maximum atomic E-state index is 2.27. The highest BCUT2D eigenvalue weighted by atomic mass is 14.1. The average molecular weight is 266 g/mol. The number of rotatable bonds is 0. The standard InChI is InChI=1S/C16H14.2C2H6/c1-11-6-5-9-14-12(2)10-13-7-3-4-8-15(13)16(11)14;2*1-2/h3-10H,1-2H3;2*1-2H3. The minimum absolute atomic E-state index is 1.34. The number of fused-ring (bicyclic) bond motifs is 3. The molecule has 3 rings (SSSR count). The molecule has 20 heavy (non-hydrogen) atoms. The Morgan fingerprint density at radius 3 is 1.90 bits per heavy atom. The molecule has 0 saturated heterocycles. The third-order valence-corrected chi connectivity index (χ3v) is 3.30. The van der Waals surface area contributed by atoms with Gasteiger partial charge in [0.15, 0.2) is 0 Å². The van der Waals surface area contributed by atoms with E-state index in [4.69, 9.17) is 0 Å². The Morgan fingerprint density at radius 1 is 0.600 bits per heavy atom. The van der Waals surface area contributed by atoms with Gasteiger partial charge < -0.3 is 0 Å². The molecule has 0 amide bonds. The molecular weight excluding hydrogens is 240 g/mol. The van der Waals surface area contributed by atoms with Crippen molar-refractivity contribution in [2.45, 2.75) is 41.5 Å². The Balaban J connectivity index is 0.000000461. The normalized spacial score (nSPS) is 9.50. The lowest BCUT2D eigenvalue weighted by Crippen LogP contribution is -1.84. The summed E-state index contributed by atoms with van der Waals surface area (Å²) in [5.41, 5.74) is 2.72. The summed E-state index contributed by atoms with van der Waals surface area (Å²) in [5, 5.41) is 5.47. The second-order valence-electron chi connectivity index (χ2n) is 4.41. The first-order chi connectivity index (χ1) is 9.77. The van der Waals surface area contributed by atoms with Crippen molar-refractivity contribution in [1.29, 1.82) is 0 Å². The third kappa shape index (κ3) is 3.01. The fourth-order valence-electron chi connectivity index (χ4n) is 2.52. The molecule has 106 valence electrons. The van der Waals surface area contributed by atoms with Gasteiger partial charge in [-0.15, -0.1) is 0 Å². The van der Waals surface area contributed by atoms with Gasteiger partial charge in [-0.25, -0.2) is 0 Å². The zero-order valence-electron chi connectivity index (χ0n) is 13.6. The molecule has 3 aromatic rings. The lowest BCUT2D eigenvalue weighted by atomic mass is 9.95. The summed E-state index contributed by atoms with van der Waals surface area (Å²) in [7, 11) is 0. The van der Waals surface area contributed by atoms with Crippen molar-refractivity contribution in [2.24, 2.45) is 0 Å². The zero-order valence-corrected chi connectivity index (χ0v) is 13.6. The van der Waals surface area contributed by atoms with E-state index < -0.39 is 0 Å². The molecular formula is C20H26. The fraction of sp³-hybridized carbons (Fsp3) is 0.300. The van der Waals surface area contributed by atoms with Crippen LogP contribution in [-0.4, -0.2) is 0 Å². The molecule has 0 spiro atoms. The van der Waals surface area contributed by atoms with Gasteiger partial charge in [0.2, 0.25) is 0 Å². The van der Waals surface area contributed by atoms with Crippen LogP contribution in [0.15, 0.2) is 48.5 Å². The van der Waals surface area contributed by atoms with Crippen molar-refractivity contribution in [3.05, 3.63) is 59.7 Å². The smallest absolute Gasteiger partial charge is 0.00735 e. The van der Waals surface area contributed by atoms with E-state index >= 15 is 0 Å². The Hall–Kier alpha value is -1.82. The summed E-state index contributed by atoms with van der Waals surface area (Å²) >= 11 is 0. The van der Waals surface area contributed by atoms with Crippen LogP contribution < -0.4 is 0 Å². The average Bonchev–Trinajstić information content (AvgIpc) is 2.52. The van der Waals surface area contributed by atoms with Crippen LogP contribution in [0.25, 0.3) is 21.5 Å². The quantitative estimate of drug-likeness (QED) is 0.399. The van der Waals surface area contributed by atoms with Crippen LogP contribution in [-0.2, 0) is 0 Å². The summed E-state index contributed by atoms with van der Waals surface area (Å²) in [6.07, 6.45) is 0. The zero-order chi connectivity index (χ0) is 15.1. The van der Waals surface area contributed by atoms with E-state index in [2.05, 4.69) is 62.4 Å². The van der Waals surface area contributed by atoms with Crippen LogP contribution in [0.4, 0.5) is 0 Å². The van der Waals surface area contributed by atoms with Gasteiger partial charge in [-0.05, 0) is 46.5 Å². The largest absolute Gasteiger partial charge is 0.0683 e. The Labute approximate surface area is 123 Å². The lowest BCUT2D eigenvalue weighted by molar-refractivity contribution is 1.50. The van der Waals surface area contributed by atoms with E-state index in [0.717, 1.165) is 0 Å². The van der Waals surface area contributed by atoms with Gasteiger partial charge in [-0.2, -0.15) is 0 Å². The molecule has 0 fully saturated rings. The highest BCUT2D eigenvalue weighted by Gasteiger charge is 2.04. The van der Waals surface area contributed by atoms with Crippen molar-refractivity contribution in [3.8, 4) is 0 Å². The summed E-state index contributed by atoms with van der Waals surface area (Å²) < 4.78 is 0. The van der Waals surface area contributed by atoms with Gasteiger partial charge >= 0.3 is 0 Å². The summed E-state index contributed by atoms with van der Waals surface area (Å²) in [6, 6.07) is 17.4. The molecule has 0 nitrogen and oxygen atoms in total. The maximum Gasteiger partial charge on any atom is -0.00735 e. The van der Waals surface area contributed by atoms with Crippen LogP contribution >= 0.6 is 0 Å². The Kier molecular flexibility index (Phi) is 6.24. The minimum Gasteiger partial charge on any atom is -0.0683 e. The number of aryl methyl sites for hydroxylation is 2. The van der Waals surface area contributed by atoms with Crippen molar-refractivity contribution >= 4 is 21.5 Å². The van der Waals surface area contributed by atoms with E-state index in [9.17, 15) is 0 Å². The van der Waals surface area contributed by atoms with Gasteiger partial charge in [-0.3, -0.25) is 0 Å². The van der Waals surface area contributed by atoms with E-state index in [1.807, 2.05) is 27.7 Å². The first-order valence-corrected chi connectivity index (χ1v) is 7.65. The highest BCUT2D eigenvalue weighted by Crippen LogP contribution is 2.30. The van der Waals surface area contributed by atoms with Gasteiger partial charge in [-0.1, -0.05) is 76.2 Å². The number of hydrogen-bond donors (Lipinski definition) is 0. The first-order valence-electron chi connectivity index (χ1n) is 7.65. The minimum atomic E-state index is 1.34. The molecule has 0 heterocycles. The predicted octanol–water partition coefficient (Wildman–Crippen LogP) is 6.66. The molecule has 0 N–H and O–H groups in total. The molecule has 0 heteroatoms. The number of benzene rings is 3. The van der Waals surface area contributed by atoms with Crippen LogP contribution in [0.5, 0.6) is 0 Å². The van der Waals surface area contributed by atoms with Gasteiger partial charge in [0.05, 0.1) is 0 Å². The fourth-order valence-corrected chi connectivity index (χ4v) is 2.52. The van der Waals surface area contributed by atoms with E-state index in [0.29, 0.717) is 0 Å². The van der Waals surface area contributed by atoms with E-state index in [1.54, 1.807) is 0 Å². The molecule has 0 aliphatic heterocycles.